The predicted octanol–water partition coefficient (Wildman–Crippen LogP) is 1.94. The summed E-state index contributed by atoms with van der Waals surface area (Å²) in [6.07, 6.45) is 0. The molecule has 0 saturated carbocycles. The monoisotopic (exact) mass is 262 g/mol. The number of aromatic nitrogens is 2. The fraction of sp³-hybridized carbons (Fsp3) is 0. The molecule has 1 aromatic carbocycles. The summed E-state index contributed by atoms with van der Waals surface area (Å²) < 4.78 is 4.88. The van der Waals surface area contributed by atoms with Crippen molar-refractivity contribution in [3.8, 4) is 10.6 Å². The van der Waals surface area contributed by atoms with Gasteiger partial charge in [0.05, 0.1) is 5.52 Å². The molecule has 0 amide bonds. The minimum Gasteiger partial charge on any atom is -0.476 e. The number of carbonyl (C=O) groups is 1. The maximum atomic E-state index is 11.0. The van der Waals surface area contributed by atoms with E-state index < -0.39 is 11.7 Å². The summed E-state index contributed by atoms with van der Waals surface area (Å²) >= 11 is 1.23. The second kappa shape index (κ2) is 3.81. The van der Waals surface area contributed by atoms with Gasteiger partial charge in [0.2, 0.25) is 0 Å². The van der Waals surface area contributed by atoms with Gasteiger partial charge in [-0.25, -0.2) is 14.6 Å². The van der Waals surface area contributed by atoms with Crippen molar-refractivity contribution >= 4 is 28.4 Å². The summed E-state index contributed by atoms with van der Waals surface area (Å²) in [6, 6.07) is 5.07. The van der Waals surface area contributed by atoms with E-state index in [1.54, 1.807) is 18.2 Å². The highest BCUT2D eigenvalue weighted by Gasteiger charge is 2.11. The third-order valence-corrected chi connectivity index (χ3v) is 3.28. The van der Waals surface area contributed by atoms with Crippen LogP contribution < -0.4 is 5.76 Å². The highest BCUT2D eigenvalue weighted by Crippen LogP contribution is 2.26. The van der Waals surface area contributed by atoms with E-state index >= 15 is 0 Å². The minimum atomic E-state index is -1.06. The van der Waals surface area contributed by atoms with Gasteiger partial charge in [-0.2, -0.15) is 0 Å². The third kappa shape index (κ3) is 1.70. The fourth-order valence-corrected chi connectivity index (χ4v) is 2.38. The average molecular weight is 262 g/mol. The van der Waals surface area contributed by atoms with Crippen molar-refractivity contribution in [1.29, 1.82) is 0 Å². The molecule has 2 aromatic heterocycles. The Morgan fingerprint density at radius 1 is 1.44 bits per heavy atom. The highest BCUT2D eigenvalue weighted by molar-refractivity contribution is 7.13. The van der Waals surface area contributed by atoms with E-state index in [0.29, 0.717) is 16.1 Å². The van der Waals surface area contributed by atoms with Crippen LogP contribution in [0.1, 0.15) is 10.5 Å². The van der Waals surface area contributed by atoms with Crippen LogP contribution in [0.15, 0.2) is 32.8 Å². The van der Waals surface area contributed by atoms with Gasteiger partial charge < -0.3 is 9.52 Å². The van der Waals surface area contributed by atoms with Crippen LogP contribution in [0.25, 0.3) is 21.7 Å². The van der Waals surface area contributed by atoms with Gasteiger partial charge in [0.15, 0.2) is 11.3 Å². The number of aromatic carboxylic acids is 1. The number of hydrogen-bond donors (Lipinski definition) is 2. The number of aromatic amines is 1. The lowest BCUT2D eigenvalue weighted by Gasteiger charge is -1.94. The van der Waals surface area contributed by atoms with Gasteiger partial charge in [0.1, 0.15) is 5.01 Å². The first-order valence-electron chi connectivity index (χ1n) is 4.95. The van der Waals surface area contributed by atoms with Crippen LogP contribution in [-0.2, 0) is 0 Å². The van der Waals surface area contributed by atoms with Gasteiger partial charge >= 0.3 is 11.7 Å². The van der Waals surface area contributed by atoms with Gasteiger partial charge in [0.25, 0.3) is 0 Å². The maximum Gasteiger partial charge on any atom is 0.417 e. The number of carboxylic acids is 1. The minimum absolute atomic E-state index is 0.00999. The molecule has 3 aromatic rings. The van der Waals surface area contributed by atoms with Gasteiger partial charge in [-0.15, -0.1) is 11.3 Å². The van der Waals surface area contributed by atoms with Crippen LogP contribution >= 0.6 is 11.3 Å². The molecule has 0 aliphatic rings. The summed E-state index contributed by atoms with van der Waals surface area (Å²) in [7, 11) is 0. The molecule has 0 fully saturated rings. The molecule has 0 spiro atoms. The zero-order valence-corrected chi connectivity index (χ0v) is 9.65. The molecule has 18 heavy (non-hydrogen) atoms. The molecule has 7 heteroatoms. The largest absolute Gasteiger partial charge is 0.476 e. The molecule has 6 nitrogen and oxygen atoms in total. The molecular weight excluding hydrogens is 256 g/mol. The molecular formula is C11H6N2O4S. The van der Waals surface area contributed by atoms with Crippen molar-refractivity contribution in [1.82, 2.24) is 9.97 Å². The molecule has 0 bridgehead atoms. The van der Waals surface area contributed by atoms with Crippen LogP contribution in [0, 0.1) is 0 Å². The molecule has 0 atom stereocenters. The Hall–Kier alpha value is -2.41. The average Bonchev–Trinajstić information content (AvgIpc) is 2.91. The number of thiazole rings is 1. The zero-order valence-electron chi connectivity index (χ0n) is 8.84. The summed E-state index contributed by atoms with van der Waals surface area (Å²) in [5.74, 6) is -1.58. The molecule has 3 rings (SSSR count). The van der Waals surface area contributed by atoms with Crippen LogP contribution in [-0.4, -0.2) is 21.0 Å². The normalized spacial score (nSPS) is 10.9. The van der Waals surface area contributed by atoms with Gasteiger partial charge in [-0.3, -0.25) is 4.98 Å². The quantitative estimate of drug-likeness (QED) is 0.735. The number of benzene rings is 1. The maximum absolute atomic E-state index is 11.0. The summed E-state index contributed by atoms with van der Waals surface area (Å²) in [6.45, 7) is 0. The predicted molar refractivity (Wildman–Crippen MR) is 64.9 cm³/mol. The van der Waals surface area contributed by atoms with Crippen LogP contribution in [0.5, 0.6) is 0 Å². The number of fused-ring (bicyclic) bond motifs is 1. The zero-order chi connectivity index (χ0) is 12.7. The van der Waals surface area contributed by atoms with Crippen LogP contribution in [0.3, 0.4) is 0 Å². The smallest absolute Gasteiger partial charge is 0.417 e. The number of carboxylic acid groups (broad SMARTS) is 1. The van der Waals surface area contributed by atoms with Crippen molar-refractivity contribution in [2.24, 2.45) is 0 Å². The molecule has 2 heterocycles. The standard InChI is InChI=1S/C11H6N2O4S/c14-10(15)7-4-18-9(12-7)5-1-2-8-6(3-5)13-11(16)17-8/h1-4H,(H,13,16)(H,14,15). The Morgan fingerprint density at radius 3 is 3.00 bits per heavy atom. The van der Waals surface area contributed by atoms with Gasteiger partial charge in [-0.1, -0.05) is 0 Å². The van der Waals surface area contributed by atoms with E-state index in [1.165, 1.54) is 16.7 Å². The number of hydrogen-bond acceptors (Lipinski definition) is 5. The SMILES string of the molecule is O=C(O)c1csc(-c2ccc3oc(=O)[nH]c3c2)n1. The number of nitrogens with one attached hydrogen (secondary N) is 1. The third-order valence-electron chi connectivity index (χ3n) is 2.39. The Kier molecular flexibility index (Phi) is 2.27. The summed E-state index contributed by atoms with van der Waals surface area (Å²) in [4.78, 5) is 28.3. The molecule has 0 saturated heterocycles. The summed E-state index contributed by atoms with van der Waals surface area (Å²) in [5, 5.41) is 10.9. The van der Waals surface area contributed by atoms with Crippen LogP contribution in [0.4, 0.5) is 0 Å². The Balaban J connectivity index is 2.12. The first-order valence-corrected chi connectivity index (χ1v) is 5.83. The van der Waals surface area contributed by atoms with E-state index in [-0.39, 0.29) is 5.69 Å². The van der Waals surface area contributed by atoms with E-state index in [4.69, 9.17) is 9.52 Å². The second-order valence-corrected chi connectivity index (χ2v) is 4.43. The van der Waals surface area contributed by atoms with Gasteiger partial charge in [0, 0.05) is 10.9 Å². The van der Waals surface area contributed by atoms with E-state index in [0.717, 1.165) is 5.56 Å². The van der Waals surface area contributed by atoms with Gasteiger partial charge in [-0.05, 0) is 18.2 Å². The van der Waals surface area contributed by atoms with Crippen molar-refractivity contribution < 1.29 is 14.3 Å². The molecule has 0 aliphatic heterocycles. The molecule has 2 N–H and O–H groups in total. The number of nitrogens with zero attached hydrogens (tertiary/aromatic N) is 1. The number of rotatable bonds is 2. The van der Waals surface area contributed by atoms with Crippen molar-refractivity contribution in [3.05, 3.63) is 39.8 Å². The lowest BCUT2D eigenvalue weighted by atomic mass is 10.2. The Morgan fingerprint density at radius 2 is 2.28 bits per heavy atom. The van der Waals surface area contributed by atoms with Crippen LogP contribution in [0.2, 0.25) is 0 Å². The second-order valence-electron chi connectivity index (χ2n) is 3.57. The first kappa shape index (κ1) is 10.7. The lowest BCUT2D eigenvalue weighted by Crippen LogP contribution is -1.95. The molecule has 0 unspecified atom stereocenters. The Bertz CT molecular complexity index is 799. The number of H-pyrrole nitrogens is 1. The van der Waals surface area contributed by atoms with Crippen molar-refractivity contribution in [2.45, 2.75) is 0 Å². The van der Waals surface area contributed by atoms with E-state index in [1.807, 2.05) is 0 Å². The highest BCUT2D eigenvalue weighted by atomic mass is 32.1. The lowest BCUT2D eigenvalue weighted by molar-refractivity contribution is 0.0691. The Labute approximate surface area is 104 Å². The van der Waals surface area contributed by atoms with E-state index in [9.17, 15) is 9.59 Å². The van der Waals surface area contributed by atoms with E-state index in [2.05, 4.69) is 9.97 Å². The molecule has 90 valence electrons. The topological polar surface area (TPSA) is 96.2 Å². The first-order chi connectivity index (χ1) is 8.63. The molecule has 0 radical (unpaired) electrons. The summed E-state index contributed by atoms with van der Waals surface area (Å²) in [5.41, 5.74) is 1.76. The van der Waals surface area contributed by atoms with Crippen molar-refractivity contribution in [3.63, 3.8) is 0 Å². The van der Waals surface area contributed by atoms with Crippen molar-refractivity contribution in [2.75, 3.05) is 0 Å². The number of oxazole rings is 1. The fourth-order valence-electron chi connectivity index (χ4n) is 1.59. The molecule has 0 aliphatic carbocycles.